The third-order valence-electron chi connectivity index (χ3n) is 4.27. The van der Waals surface area contributed by atoms with Gasteiger partial charge in [-0.1, -0.05) is 30.3 Å². The van der Waals surface area contributed by atoms with E-state index >= 15 is 0 Å². The Morgan fingerprint density at radius 3 is 2.43 bits per heavy atom. The number of para-hydroxylation sites is 2. The lowest BCUT2D eigenvalue weighted by atomic mass is 10.1. The Labute approximate surface area is 163 Å². The van der Waals surface area contributed by atoms with Gasteiger partial charge in [-0.15, -0.1) is 0 Å². The molecular formula is C21H22N4O3. The zero-order chi connectivity index (χ0) is 20.3. The second-order valence-electron chi connectivity index (χ2n) is 6.64. The molecule has 0 spiro atoms. The quantitative estimate of drug-likeness (QED) is 0.619. The van der Waals surface area contributed by atoms with Gasteiger partial charge in [0.05, 0.1) is 22.5 Å². The molecule has 0 atom stereocenters. The predicted molar refractivity (Wildman–Crippen MR) is 108 cm³/mol. The Morgan fingerprint density at radius 2 is 1.79 bits per heavy atom. The number of hydrazine groups is 1. The fourth-order valence-corrected chi connectivity index (χ4v) is 2.70. The summed E-state index contributed by atoms with van der Waals surface area (Å²) < 4.78 is 0. The van der Waals surface area contributed by atoms with Crippen molar-refractivity contribution in [1.29, 1.82) is 0 Å². The predicted octanol–water partition coefficient (Wildman–Crippen LogP) is 3.05. The van der Waals surface area contributed by atoms with Gasteiger partial charge in [-0.25, -0.2) is 0 Å². The van der Waals surface area contributed by atoms with Crippen LogP contribution in [0.5, 0.6) is 5.75 Å². The van der Waals surface area contributed by atoms with Crippen LogP contribution in [0, 0.1) is 0 Å². The SMILES string of the molecule is CC1=NN(c2ccccc2)C(=O)/C1=C\N(NC(=O)c1ccccc1O)C(C)C. The van der Waals surface area contributed by atoms with Crippen molar-refractivity contribution in [2.75, 3.05) is 5.01 Å². The zero-order valence-corrected chi connectivity index (χ0v) is 16.0. The number of phenols is 1. The molecule has 0 unspecified atom stereocenters. The number of phenolic OH excluding ortho intramolecular Hbond substituents is 1. The van der Waals surface area contributed by atoms with E-state index in [-0.39, 0.29) is 23.3 Å². The maximum Gasteiger partial charge on any atom is 0.282 e. The monoisotopic (exact) mass is 378 g/mol. The van der Waals surface area contributed by atoms with Crippen LogP contribution < -0.4 is 10.4 Å². The molecule has 3 rings (SSSR count). The van der Waals surface area contributed by atoms with Crippen molar-refractivity contribution in [2.24, 2.45) is 5.10 Å². The third kappa shape index (κ3) is 3.88. The second kappa shape index (κ2) is 7.96. The lowest BCUT2D eigenvalue weighted by Gasteiger charge is -2.26. The number of hydrogen-bond acceptors (Lipinski definition) is 5. The van der Waals surface area contributed by atoms with Crippen molar-refractivity contribution < 1.29 is 14.7 Å². The molecular weight excluding hydrogens is 356 g/mol. The van der Waals surface area contributed by atoms with E-state index in [9.17, 15) is 14.7 Å². The summed E-state index contributed by atoms with van der Waals surface area (Å²) in [7, 11) is 0. The van der Waals surface area contributed by atoms with Crippen LogP contribution in [-0.4, -0.2) is 33.7 Å². The summed E-state index contributed by atoms with van der Waals surface area (Å²) in [5, 5.41) is 17.1. The molecule has 7 heteroatoms. The summed E-state index contributed by atoms with van der Waals surface area (Å²) in [4.78, 5) is 25.4. The number of anilines is 1. The highest BCUT2D eigenvalue weighted by Gasteiger charge is 2.30. The van der Waals surface area contributed by atoms with Crippen LogP contribution in [-0.2, 0) is 4.79 Å². The minimum atomic E-state index is -0.469. The number of amides is 2. The minimum Gasteiger partial charge on any atom is -0.507 e. The van der Waals surface area contributed by atoms with Gasteiger partial charge in [0.15, 0.2) is 0 Å². The van der Waals surface area contributed by atoms with Crippen LogP contribution in [0.4, 0.5) is 5.69 Å². The van der Waals surface area contributed by atoms with Gasteiger partial charge in [0.25, 0.3) is 11.8 Å². The molecule has 0 fully saturated rings. The van der Waals surface area contributed by atoms with Crippen LogP contribution in [0.15, 0.2) is 71.5 Å². The number of carbonyl (C=O) groups is 2. The molecule has 2 aromatic rings. The number of hydrazone groups is 1. The highest BCUT2D eigenvalue weighted by Crippen LogP contribution is 2.23. The van der Waals surface area contributed by atoms with Crippen LogP contribution in [0.2, 0.25) is 0 Å². The molecule has 2 aromatic carbocycles. The fourth-order valence-electron chi connectivity index (χ4n) is 2.70. The molecule has 1 aliphatic heterocycles. The van der Waals surface area contributed by atoms with Crippen molar-refractivity contribution in [3.63, 3.8) is 0 Å². The highest BCUT2D eigenvalue weighted by atomic mass is 16.3. The molecule has 144 valence electrons. The van der Waals surface area contributed by atoms with E-state index in [1.165, 1.54) is 22.2 Å². The van der Waals surface area contributed by atoms with E-state index in [4.69, 9.17) is 0 Å². The van der Waals surface area contributed by atoms with Crippen molar-refractivity contribution in [2.45, 2.75) is 26.8 Å². The molecule has 1 heterocycles. The summed E-state index contributed by atoms with van der Waals surface area (Å²) in [6.07, 6.45) is 1.58. The van der Waals surface area contributed by atoms with Crippen LogP contribution in [0.1, 0.15) is 31.1 Å². The zero-order valence-electron chi connectivity index (χ0n) is 16.0. The fraction of sp³-hybridized carbons (Fsp3) is 0.190. The Morgan fingerprint density at radius 1 is 1.14 bits per heavy atom. The summed E-state index contributed by atoms with van der Waals surface area (Å²) >= 11 is 0. The summed E-state index contributed by atoms with van der Waals surface area (Å²) in [6.45, 7) is 5.50. The minimum absolute atomic E-state index is 0.110. The Hall–Kier alpha value is -3.61. The number of rotatable bonds is 5. The average molecular weight is 378 g/mol. The van der Waals surface area contributed by atoms with Gasteiger partial charge >= 0.3 is 0 Å². The smallest absolute Gasteiger partial charge is 0.282 e. The Balaban J connectivity index is 1.85. The standard InChI is InChI=1S/C21H22N4O3/c1-14(2)24(23-20(27)17-11-7-8-12-19(17)26)13-18-15(3)22-25(21(18)28)16-9-5-4-6-10-16/h4-14,26H,1-3H3,(H,23,27)/b18-13-. The average Bonchev–Trinajstić information content (AvgIpc) is 2.96. The molecule has 7 nitrogen and oxygen atoms in total. The maximum absolute atomic E-state index is 12.8. The van der Waals surface area contributed by atoms with E-state index in [0.29, 0.717) is 17.0 Å². The number of benzene rings is 2. The van der Waals surface area contributed by atoms with E-state index in [2.05, 4.69) is 10.5 Å². The number of hydrogen-bond donors (Lipinski definition) is 2. The lowest BCUT2D eigenvalue weighted by Crippen LogP contribution is -2.43. The summed E-state index contributed by atoms with van der Waals surface area (Å²) in [6, 6.07) is 15.3. The van der Waals surface area contributed by atoms with Crippen molar-refractivity contribution in [3.05, 3.63) is 71.9 Å². The molecule has 2 amide bonds. The molecule has 2 N–H and O–H groups in total. The van der Waals surface area contributed by atoms with Gasteiger partial charge in [-0.3, -0.25) is 20.0 Å². The number of nitrogens with one attached hydrogen (secondary N) is 1. The van der Waals surface area contributed by atoms with E-state index in [1.807, 2.05) is 32.0 Å². The first-order chi connectivity index (χ1) is 13.4. The molecule has 28 heavy (non-hydrogen) atoms. The van der Waals surface area contributed by atoms with Crippen LogP contribution in [0.3, 0.4) is 0 Å². The van der Waals surface area contributed by atoms with E-state index < -0.39 is 5.91 Å². The van der Waals surface area contributed by atoms with Gasteiger partial charge in [0, 0.05) is 12.2 Å². The van der Waals surface area contributed by atoms with Gasteiger partial charge in [0.2, 0.25) is 0 Å². The third-order valence-corrected chi connectivity index (χ3v) is 4.27. The normalized spacial score (nSPS) is 15.1. The van der Waals surface area contributed by atoms with Crippen LogP contribution in [0.25, 0.3) is 0 Å². The Bertz CT molecular complexity index is 951. The van der Waals surface area contributed by atoms with E-state index in [0.717, 1.165) is 0 Å². The first kappa shape index (κ1) is 19.2. The topological polar surface area (TPSA) is 85.2 Å². The number of nitrogens with zero attached hydrogens (tertiary/aromatic N) is 3. The summed E-state index contributed by atoms with van der Waals surface area (Å²) in [5.41, 5.74) is 4.49. The first-order valence-electron chi connectivity index (χ1n) is 8.92. The van der Waals surface area contributed by atoms with Gasteiger partial charge < -0.3 is 5.11 Å². The second-order valence-corrected chi connectivity index (χ2v) is 6.64. The van der Waals surface area contributed by atoms with Crippen molar-refractivity contribution in [3.8, 4) is 5.75 Å². The number of carbonyl (C=O) groups excluding carboxylic acids is 2. The summed E-state index contributed by atoms with van der Waals surface area (Å²) in [5.74, 6) is -0.851. The first-order valence-corrected chi connectivity index (χ1v) is 8.92. The van der Waals surface area contributed by atoms with Gasteiger partial charge in [-0.05, 0) is 45.0 Å². The highest BCUT2D eigenvalue weighted by molar-refractivity contribution is 6.29. The molecule has 1 aliphatic rings. The van der Waals surface area contributed by atoms with Gasteiger partial charge in [0.1, 0.15) is 5.75 Å². The van der Waals surface area contributed by atoms with Crippen molar-refractivity contribution in [1.82, 2.24) is 10.4 Å². The maximum atomic E-state index is 12.8. The molecule has 0 aliphatic carbocycles. The molecule has 0 saturated carbocycles. The van der Waals surface area contributed by atoms with Crippen molar-refractivity contribution >= 4 is 23.2 Å². The van der Waals surface area contributed by atoms with Crippen LogP contribution >= 0.6 is 0 Å². The Kier molecular flexibility index (Phi) is 5.44. The lowest BCUT2D eigenvalue weighted by molar-refractivity contribution is -0.114. The molecule has 0 saturated heterocycles. The molecule has 0 radical (unpaired) electrons. The molecule has 0 bridgehead atoms. The molecule has 0 aromatic heterocycles. The van der Waals surface area contributed by atoms with E-state index in [1.54, 1.807) is 37.4 Å². The largest absolute Gasteiger partial charge is 0.507 e. The van der Waals surface area contributed by atoms with Gasteiger partial charge in [-0.2, -0.15) is 10.1 Å². The number of aromatic hydroxyl groups is 1.